The normalized spacial score (nSPS) is 10.2. The number of amides is 1. The van der Waals surface area contributed by atoms with Crippen LogP contribution in [0.25, 0.3) is 0 Å². The summed E-state index contributed by atoms with van der Waals surface area (Å²) < 4.78 is 5.14. The lowest BCUT2D eigenvalue weighted by Gasteiger charge is -2.18. The summed E-state index contributed by atoms with van der Waals surface area (Å²) in [6.07, 6.45) is 0.812. The van der Waals surface area contributed by atoms with Crippen LogP contribution in [0.5, 0.6) is 5.75 Å². The third-order valence-corrected chi connectivity index (χ3v) is 3.42. The minimum Gasteiger partial charge on any atom is -0.497 e. The van der Waals surface area contributed by atoms with E-state index in [1.54, 1.807) is 37.3 Å². The highest BCUT2D eigenvalue weighted by molar-refractivity contribution is 5.99. The molecule has 0 fully saturated rings. The molecular formula is C17H20N2O2. The first-order chi connectivity index (χ1) is 10.1. The summed E-state index contributed by atoms with van der Waals surface area (Å²) in [5.41, 5.74) is 8.03. The number of rotatable bonds is 5. The Morgan fingerprint density at radius 2 is 1.90 bits per heavy atom. The van der Waals surface area contributed by atoms with Crippen molar-refractivity contribution < 1.29 is 9.53 Å². The molecule has 4 nitrogen and oxygen atoms in total. The molecule has 0 saturated heterocycles. The molecule has 0 unspecified atom stereocenters. The first-order valence-electron chi connectivity index (χ1n) is 6.84. The third-order valence-electron chi connectivity index (χ3n) is 3.42. The van der Waals surface area contributed by atoms with Crippen molar-refractivity contribution in [3.8, 4) is 5.75 Å². The Morgan fingerprint density at radius 1 is 1.19 bits per heavy atom. The molecule has 2 N–H and O–H groups in total. The van der Waals surface area contributed by atoms with Crippen molar-refractivity contribution in [1.82, 2.24) is 4.90 Å². The van der Waals surface area contributed by atoms with Gasteiger partial charge in [-0.2, -0.15) is 0 Å². The summed E-state index contributed by atoms with van der Waals surface area (Å²) in [5.74, 6) is 0.534. The number of carbonyl (C=O) groups excluding carboxylic acids is 1. The zero-order valence-corrected chi connectivity index (χ0v) is 12.4. The van der Waals surface area contributed by atoms with Crippen LogP contribution in [-0.2, 0) is 6.42 Å². The topological polar surface area (TPSA) is 55.6 Å². The molecule has 0 aliphatic carbocycles. The minimum absolute atomic E-state index is 0.0951. The van der Waals surface area contributed by atoms with Crippen molar-refractivity contribution in [3.05, 3.63) is 59.7 Å². The van der Waals surface area contributed by atoms with Crippen molar-refractivity contribution in [2.24, 2.45) is 0 Å². The fraction of sp³-hybridized carbons (Fsp3) is 0.235. The van der Waals surface area contributed by atoms with E-state index in [2.05, 4.69) is 12.1 Å². The van der Waals surface area contributed by atoms with Crippen molar-refractivity contribution in [1.29, 1.82) is 0 Å². The lowest BCUT2D eigenvalue weighted by molar-refractivity contribution is 0.0797. The zero-order chi connectivity index (χ0) is 15.2. The van der Waals surface area contributed by atoms with Gasteiger partial charge in [0.25, 0.3) is 5.91 Å². The number of anilines is 1. The number of hydrogen-bond donors (Lipinski definition) is 1. The van der Waals surface area contributed by atoms with Gasteiger partial charge in [0.2, 0.25) is 0 Å². The monoisotopic (exact) mass is 284 g/mol. The highest BCUT2D eigenvalue weighted by atomic mass is 16.5. The predicted molar refractivity (Wildman–Crippen MR) is 84.5 cm³/mol. The van der Waals surface area contributed by atoms with Gasteiger partial charge in [-0.3, -0.25) is 4.79 Å². The Hall–Kier alpha value is -2.49. The summed E-state index contributed by atoms with van der Waals surface area (Å²) in [6.45, 7) is 0.638. The van der Waals surface area contributed by atoms with E-state index in [0.29, 0.717) is 23.5 Å². The molecule has 0 aliphatic rings. The molecule has 0 saturated carbocycles. The van der Waals surface area contributed by atoms with Crippen molar-refractivity contribution in [3.63, 3.8) is 0 Å². The van der Waals surface area contributed by atoms with Gasteiger partial charge >= 0.3 is 0 Å². The van der Waals surface area contributed by atoms with Gasteiger partial charge in [-0.25, -0.2) is 0 Å². The largest absolute Gasteiger partial charge is 0.497 e. The molecule has 110 valence electrons. The zero-order valence-electron chi connectivity index (χ0n) is 12.4. The van der Waals surface area contributed by atoms with E-state index in [1.807, 2.05) is 18.2 Å². The van der Waals surface area contributed by atoms with Gasteiger partial charge < -0.3 is 15.4 Å². The molecule has 21 heavy (non-hydrogen) atoms. The molecule has 0 aromatic heterocycles. The maximum absolute atomic E-state index is 12.4. The average Bonchev–Trinajstić information content (AvgIpc) is 2.53. The second-order valence-corrected chi connectivity index (χ2v) is 4.92. The fourth-order valence-electron chi connectivity index (χ4n) is 2.10. The van der Waals surface area contributed by atoms with Gasteiger partial charge in [0.15, 0.2) is 0 Å². The maximum Gasteiger partial charge on any atom is 0.255 e. The number of nitrogens with two attached hydrogens (primary N) is 1. The predicted octanol–water partition coefficient (Wildman–Crippen LogP) is 2.59. The van der Waals surface area contributed by atoms with Gasteiger partial charge in [0.1, 0.15) is 5.75 Å². The van der Waals surface area contributed by atoms with E-state index >= 15 is 0 Å². The number of hydrogen-bond acceptors (Lipinski definition) is 3. The first kappa shape index (κ1) is 14.9. The van der Waals surface area contributed by atoms with Crippen LogP contribution in [0.1, 0.15) is 15.9 Å². The quantitative estimate of drug-likeness (QED) is 0.859. The summed E-state index contributed by atoms with van der Waals surface area (Å²) >= 11 is 0. The molecule has 0 spiro atoms. The van der Waals surface area contributed by atoms with Crippen molar-refractivity contribution in [2.45, 2.75) is 6.42 Å². The molecule has 0 radical (unpaired) electrons. The second-order valence-electron chi connectivity index (χ2n) is 4.92. The van der Waals surface area contributed by atoms with Gasteiger partial charge in [0.05, 0.1) is 12.7 Å². The van der Waals surface area contributed by atoms with E-state index in [9.17, 15) is 4.79 Å². The van der Waals surface area contributed by atoms with E-state index in [4.69, 9.17) is 10.5 Å². The molecule has 0 heterocycles. The Bertz CT molecular complexity index is 611. The van der Waals surface area contributed by atoms with Gasteiger partial charge in [-0.15, -0.1) is 0 Å². The second kappa shape index (κ2) is 6.79. The van der Waals surface area contributed by atoms with Crippen LogP contribution in [0.3, 0.4) is 0 Å². The van der Waals surface area contributed by atoms with Crippen LogP contribution in [0.4, 0.5) is 5.69 Å². The average molecular weight is 284 g/mol. The summed E-state index contributed by atoms with van der Waals surface area (Å²) in [6, 6.07) is 15.2. The van der Waals surface area contributed by atoms with Gasteiger partial charge in [-0.1, -0.05) is 30.3 Å². The molecule has 2 aromatic rings. The van der Waals surface area contributed by atoms with Crippen LogP contribution >= 0.6 is 0 Å². The van der Waals surface area contributed by atoms with E-state index in [-0.39, 0.29) is 5.91 Å². The van der Waals surface area contributed by atoms with E-state index in [1.165, 1.54) is 5.56 Å². The Morgan fingerprint density at radius 3 is 2.57 bits per heavy atom. The number of nitrogens with zero attached hydrogens (tertiary/aromatic N) is 1. The Balaban J connectivity index is 2.05. The maximum atomic E-state index is 12.4. The van der Waals surface area contributed by atoms with Crippen LogP contribution in [0, 0.1) is 0 Å². The summed E-state index contributed by atoms with van der Waals surface area (Å²) in [5, 5.41) is 0. The van der Waals surface area contributed by atoms with Crippen LogP contribution < -0.4 is 10.5 Å². The molecule has 2 aromatic carbocycles. The van der Waals surface area contributed by atoms with Crippen molar-refractivity contribution in [2.75, 3.05) is 26.4 Å². The highest BCUT2D eigenvalue weighted by Crippen LogP contribution is 2.20. The molecule has 1 amide bonds. The van der Waals surface area contributed by atoms with E-state index in [0.717, 1.165) is 6.42 Å². The Kier molecular flexibility index (Phi) is 4.82. The van der Waals surface area contributed by atoms with E-state index < -0.39 is 0 Å². The lowest BCUT2D eigenvalue weighted by Crippen LogP contribution is -2.29. The van der Waals surface area contributed by atoms with Gasteiger partial charge in [-0.05, 0) is 30.2 Å². The number of methoxy groups -OCH3 is 1. The molecule has 0 aliphatic heterocycles. The fourth-order valence-corrected chi connectivity index (χ4v) is 2.10. The Labute approximate surface area is 125 Å². The van der Waals surface area contributed by atoms with Gasteiger partial charge in [0, 0.05) is 19.3 Å². The molecular weight excluding hydrogens is 264 g/mol. The molecule has 2 rings (SSSR count). The summed E-state index contributed by atoms with van der Waals surface area (Å²) in [4.78, 5) is 14.1. The molecule has 0 atom stereocenters. The third kappa shape index (κ3) is 3.75. The van der Waals surface area contributed by atoms with Crippen LogP contribution in [0.15, 0.2) is 48.5 Å². The number of nitrogen functional groups attached to an aromatic ring is 1. The van der Waals surface area contributed by atoms with Crippen LogP contribution in [0.2, 0.25) is 0 Å². The number of benzene rings is 2. The first-order valence-corrected chi connectivity index (χ1v) is 6.84. The number of carbonyl (C=O) groups is 1. The lowest BCUT2D eigenvalue weighted by atomic mass is 10.1. The SMILES string of the molecule is COc1ccc(N)c(C(=O)N(C)CCc2ccccc2)c1. The highest BCUT2D eigenvalue weighted by Gasteiger charge is 2.15. The standard InChI is InChI=1S/C17H20N2O2/c1-19(11-10-13-6-4-3-5-7-13)17(20)15-12-14(21-2)8-9-16(15)18/h3-9,12H,10-11,18H2,1-2H3. The molecule has 0 bridgehead atoms. The summed E-state index contributed by atoms with van der Waals surface area (Å²) in [7, 11) is 3.35. The number of likely N-dealkylation sites (N-methyl/N-ethyl adjacent to an activating group) is 1. The minimum atomic E-state index is -0.0951. The van der Waals surface area contributed by atoms with Crippen molar-refractivity contribution >= 4 is 11.6 Å². The smallest absolute Gasteiger partial charge is 0.255 e. The molecule has 4 heteroatoms. The number of ether oxygens (including phenoxy) is 1. The van der Waals surface area contributed by atoms with Crippen LogP contribution in [-0.4, -0.2) is 31.5 Å².